The molecule has 0 radical (unpaired) electrons. The van der Waals surface area contributed by atoms with Gasteiger partial charge in [-0.25, -0.2) is 4.79 Å². The third kappa shape index (κ3) is 6.61. The van der Waals surface area contributed by atoms with Gasteiger partial charge in [0.25, 0.3) is 0 Å². The van der Waals surface area contributed by atoms with Crippen molar-refractivity contribution in [1.82, 2.24) is 5.32 Å². The van der Waals surface area contributed by atoms with Gasteiger partial charge in [-0.15, -0.1) is 0 Å². The van der Waals surface area contributed by atoms with E-state index in [-0.39, 0.29) is 6.09 Å². The highest BCUT2D eigenvalue weighted by Gasteiger charge is 2.15. The first kappa shape index (κ1) is 17.3. The smallest absolute Gasteiger partial charge is 0.407 e. The van der Waals surface area contributed by atoms with Crippen molar-refractivity contribution in [3.63, 3.8) is 0 Å². The lowest BCUT2D eigenvalue weighted by Crippen LogP contribution is -2.33. The summed E-state index contributed by atoms with van der Waals surface area (Å²) >= 11 is 6.98. The lowest BCUT2D eigenvalue weighted by Gasteiger charge is -2.19. The third-order valence-electron chi connectivity index (χ3n) is 2.29. The molecule has 0 aliphatic carbocycles. The summed E-state index contributed by atoms with van der Waals surface area (Å²) in [6, 6.07) is 5.92. The average Bonchev–Trinajstić information content (AvgIpc) is 2.29. The molecule has 4 nitrogen and oxygen atoms in total. The van der Waals surface area contributed by atoms with Crippen molar-refractivity contribution in [2.75, 3.05) is 18.4 Å². The Morgan fingerprint density at radius 2 is 1.80 bits per heavy atom. The average molecular weight is 408 g/mol. The van der Waals surface area contributed by atoms with Gasteiger partial charge in [0, 0.05) is 22.0 Å². The van der Waals surface area contributed by atoms with E-state index in [4.69, 9.17) is 4.74 Å². The molecule has 0 saturated heterocycles. The fraction of sp³-hybridized carbons (Fsp3) is 0.500. The Morgan fingerprint density at radius 3 is 2.35 bits per heavy atom. The van der Waals surface area contributed by atoms with Gasteiger partial charge in [-0.3, -0.25) is 0 Å². The predicted molar refractivity (Wildman–Crippen MR) is 89.2 cm³/mol. The van der Waals surface area contributed by atoms with Crippen LogP contribution >= 0.6 is 31.9 Å². The van der Waals surface area contributed by atoms with Crippen molar-refractivity contribution in [2.24, 2.45) is 0 Å². The van der Waals surface area contributed by atoms with Crippen LogP contribution in [0.15, 0.2) is 27.1 Å². The number of alkyl carbamates (subject to hydrolysis) is 1. The first-order valence-electron chi connectivity index (χ1n) is 6.44. The highest BCUT2D eigenvalue weighted by Crippen LogP contribution is 2.30. The van der Waals surface area contributed by atoms with Crippen molar-refractivity contribution in [3.8, 4) is 0 Å². The monoisotopic (exact) mass is 406 g/mol. The first-order valence-corrected chi connectivity index (χ1v) is 8.03. The van der Waals surface area contributed by atoms with E-state index in [1.807, 2.05) is 39.0 Å². The maximum atomic E-state index is 11.4. The highest BCUT2D eigenvalue weighted by molar-refractivity contribution is 9.11. The van der Waals surface area contributed by atoms with Crippen molar-refractivity contribution < 1.29 is 9.53 Å². The maximum Gasteiger partial charge on any atom is 0.407 e. The molecule has 0 saturated carbocycles. The molecular formula is C14H20Br2N2O2. The van der Waals surface area contributed by atoms with E-state index in [0.717, 1.165) is 27.6 Å². The molecule has 0 atom stereocenters. The van der Waals surface area contributed by atoms with E-state index in [1.54, 1.807) is 0 Å². The molecule has 0 heterocycles. The fourth-order valence-electron chi connectivity index (χ4n) is 1.47. The van der Waals surface area contributed by atoms with Gasteiger partial charge in [0.15, 0.2) is 0 Å². The van der Waals surface area contributed by atoms with Crippen LogP contribution in [0.5, 0.6) is 0 Å². The second-order valence-electron chi connectivity index (χ2n) is 5.31. The quantitative estimate of drug-likeness (QED) is 0.704. The summed E-state index contributed by atoms with van der Waals surface area (Å²) in [7, 11) is 0. The lowest BCUT2D eigenvalue weighted by atomic mass is 10.2. The summed E-state index contributed by atoms with van der Waals surface area (Å²) in [4.78, 5) is 11.4. The number of hydrogen-bond acceptors (Lipinski definition) is 3. The zero-order valence-corrected chi connectivity index (χ0v) is 15.1. The summed E-state index contributed by atoms with van der Waals surface area (Å²) in [6.07, 6.45) is 0.437. The van der Waals surface area contributed by atoms with Crippen molar-refractivity contribution in [2.45, 2.75) is 32.8 Å². The number of carbonyl (C=O) groups is 1. The predicted octanol–water partition coefficient (Wildman–Crippen LogP) is 4.54. The second kappa shape index (κ2) is 7.88. The van der Waals surface area contributed by atoms with Crippen LogP contribution in [0.25, 0.3) is 0 Å². The van der Waals surface area contributed by atoms with Crippen molar-refractivity contribution in [1.29, 1.82) is 0 Å². The molecule has 2 N–H and O–H groups in total. The van der Waals surface area contributed by atoms with E-state index in [2.05, 4.69) is 42.5 Å². The molecule has 0 spiro atoms. The van der Waals surface area contributed by atoms with E-state index in [9.17, 15) is 4.79 Å². The van der Waals surface area contributed by atoms with Gasteiger partial charge in [-0.2, -0.15) is 0 Å². The van der Waals surface area contributed by atoms with Gasteiger partial charge < -0.3 is 15.4 Å². The summed E-state index contributed by atoms with van der Waals surface area (Å²) < 4.78 is 7.17. The minimum absolute atomic E-state index is 0.375. The molecule has 0 unspecified atom stereocenters. The molecule has 0 bridgehead atoms. The Bertz CT molecular complexity index is 439. The number of rotatable bonds is 5. The van der Waals surface area contributed by atoms with Crippen LogP contribution in [0.2, 0.25) is 0 Å². The Morgan fingerprint density at radius 1 is 1.20 bits per heavy atom. The normalized spacial score (nSPS) is 11.1. The molecular weight excluding hydrogens is 388 g/mol. The summed E-state index contributed by atoms with van der Waals surface area (Å²) in [6.45, 7) is 6.87. The van der Waals surface area contributed by atoms with E-state index >= 15 is 0 Å². The Balaban J connectivity index is 2.24. The van der Waals surface area contributed by atoms with Crippen LogP contribution in [0.1, 0.15) is 27.2 Å². The van der Waals surface area contributed by atoms with E-state index in [0.29, 0.717) is 6.54 Å². The molecule has 20 heavy (non-hydrogen) atoms. The van der Waals surface area contributed by atoms with Gasteiger partial charge in [0.2, 0.25) is 0 Å². The van der Waals surface area contributed by atoms with Crippen LogP contribution in [0, 0.1) is 0 Å². The van der Waals surface area contributed by atoms with Crippen LogP contribution in [-0.2, 0) is 4.74 Å². The van der Waals surface area contributed by atoms with Gasteiger partial charge >= 0.3 is 6.09 Å². The number of amides is 1. The summed E-state index contributed by atoms with van der Waals surface area (Å²) in [5, 5.41) is 6.05. The molecule has 0 fully saturated rings. The first-order chi connectivity index (χ1) is 9.29. The van der Waals surface area contributed by atoms with Crippen LogP contribution in [-0.4, -0.2) is 24.8 Å². The Labute approximate surface area is 136 Å². The molecule has 0 aliphatic rings. The standard InChI is InChI=1S/C14H20Br2N2O2/c1-14(2,3)20-13(19)18-9-5-8-17-12-10(15)6-4-7-11(12)16/h4,6-7,17H,5,8-9H2,1-3H3,(H,18,19). The van der Waals surface area contributed by atoms with Gasteiger partial charge in [-0.1, -0.05) is 6.07 Å². The van der Waals surface area contributed by atoms with E-state index in [1.165, 1.54) is 0 Å². The zero-order valence-electron chi connectivity index (χ0n) is 11.9. The third-order valence-corrected chi connectivity index (χ3v) is 3.61. The van der Waals surface area contributed by atoms with Gasteiger partial charge in [0.05, 0.1) is 5.69 Å². The molecule has 1 amide bonds. The Hall–Kier alpha value is -0.750. The summed E-state index contributed by atoms with van der Waals surface area (Å²) in [5.41, 5.74) is 0.562. The van der Waals surface area contributed by atoms with Gasteiger partial charge in [0.1, 0.15) is 5.60 Å². The fourth-order valence-corrected chi connectivity index (χ4v) is 2.75. The molecule has 1 aromatic rings. The Kier molecular flexibility index (Phi) is 6.82. The number of nitrogens with one attached hydrogen (secondary N) is 2. The molecule has 1 aromatic carbocycles. The molecule has 112 valence electrons. The molecule has 6 heteroatoms. The lowest BCUT2D eigenvalue weighted by molar-refractivity contribution is 0.0528. The van der Waals surface area contributed by atoms with Crippen LogP contribution < -0.4 is 10.6 Å². The van der Waals surface area contributed by atoms with Crippen LogP contribution in [0.3, 0.4) is 0 Å². The SMILES string of the molecule is CC(C)(C)OC(=O)NCCCNc1c(Br)cccc1Br. The minimum Gasteiger partial charge on any atom is -0.444 e. The number of halogens is 2. The minimum atomic E-state index is -0.456. The topological polar surface area (TPSA) is 50.4 Å². The second-order valence-corrected chi connectivity index (χ2v) is 7.01. The number of para-hydroxylation sites is 1. The molecule has 1 rings (SSSR count). The zero-order chi connectivity index (χ0) is 15.2. The number of ether oxygens (including phenoxy) is 1. The molecule has 0 aliphatic heterocycles. The van der Waals surface area contributed by atoms with Crippen LogP contribution in [0.4, 0.5) is 10.5 Å². The maximum absolute atomic E-state index is 11.4. The number of benzene rings is 1. The van der Waals surface area contributed by atoms with E-state index < -0.39 is 5.60 Å². The molecule has 0 aromatic heterocycles. The number of carbonyl (C=O) groups excluding carboxylic acids is 1. The summed E-state index contributed by atoms with van der Waals surface area (Å²) in [5.74, 6) is 0. The largest absolute Gasteiger partial charge is 0.444 e. The number of anilines is 1. The van der Waals surface area contributed by atoms with Gasteiger partial charge in [-0.05, 0) is 71.2 Å². The van der Waals surface area contributed by atoms with Crippen molar-refractivity contribution in [3.05, 3.63) is 27.1 Å². The number of hydrogen-bond donors (Lipinski definition) is 2. The van der Waals surface area contributed by atoms with Crippen molar-refractivity contribution >= 4 is 43.6 Å². The highest BCUT2D eigenvalue weighted by atomic mass is 79.9.